The van der Waals surface area contributed by atoms with Crippen molar-refractivity contribution < 1.29 is 0 Å². The van der Waals surface area contributed by atoms with E-state index in [1.54, 1.807) is 0 Å². The van der Waals surface area contributed by atoms with Crippen LogP contribution in [0.2, 0.25) is 12.6 Å². The second-order valence-electron chi connectivity index (χ2n) is 6.55. The van der Waals surface area contributed by atoms with Gasteiger partial charge in [0.05, 0.1) is 0 Å². The van der Waals surface area contributed by atoms with E-state index in [0.29, 0.717) is 0 Å². The van der Waals surface area contributed by atoms with Crippen molar-refractivity contribution in [3.05, 3.63) is 96.1 Å². The molecule has 0 bridgehead atoms. The standard InChI is InChI=1S/C22H24Si/c1-19-13-15-20(16-14-19)17-18-23(2,21-9-5-3-6-10-21)22-11-7-4-8-12-22/h3-16H,17-18H2,1-2H3. The van der Waals surface area contributed by atoms with Gasteiger partial charge in [-0.2, -0.15) is 0 Å². The first-order valence-corrected chi connectivity index (χ1v) is 11.1. The van der Waals surface area contributed by atoms with Gasteiger partial charge in [0, 0.05) is 0 Å². The highest BCUT2D eigenvalue weighted by Gasteiger charge is 2.31. The molecule has 0 fully saturated rings. The predicted molar refractivity (Wildman–Crippen MR) is 103 cm³/mol. The molecule has 0 aromatic heterocycles. The SMILES string of the molecule is Cc1ccc(CC[Si](C)(c2ccccc2)c2ccccc2)cc1. The number of aryl methyl sites for hydroxylation is 2. The monoisotopic (exact) mass is 316 g/mol. The van der Waals surface area contributed by atoms with E-state index in [2.05, 4.69) is 98.4 Å². The molecule has 1 heteroatoms. The fraction of sp³-hybridized carbons (Fsp3) is 0.182. The van der Waals surface area contributed by atoms with Crippen LogP contribution in [0.15, 0.2) is 84.9 Å². The first-order valence-electron chi connectivity index (χ1n) is 8.35. The fourth-order valence-electron chi connectivity index (χ4n) is 3.22. The molecule has 0 amide bonds. The predicted octanol–water partition coefficient (Wildman–Crippen LogP) is 4.43. The third-order valence-corrected chi connectivity index (χ3v) is 9.32. The second kappa shape index (κ2) is 6.97. The van der Waals surface area contributed by atoms with Crippen molar-refractivity contribution in [2.24, 2.45) is 0 Å². The fourth-order valence-corrected chi connectivity index (χ4v) is 6.77. The lowest BCUT2D eigenvalue weighted by molar-refractivity contribution is 1.10. The summed E-state index contributed by atoms with van der Waals surface area (Å²) >= 11 is 0. The minimum absolute atomic E-state index is 1.15. The van der Waals surface area contributed by atoms with Crippen molar-refractivity contribution in [3.8, 4) is 0 Å². The van der Waals surface area contributed by atoms with Gasteiger partial charge in [-0.1, -0.05) is 107 Å². The van der Waals surface area contributed by atoms with Crippen LogP contribution in [-0.2, 0) is 6.42 Å². The molecule has 0 atom stereocenters. The van der Waals surface area contributed by atoms with Gasteiger partial charge >= 0.3 is 0 Å². The molecule has 0 nitrogen and oxygen atoms in total. The lowest BCUT2D eigenvalue weighted by atomic mass is 10.1. The van der Waals surface area contributed by atoms with Crippen LogP contribution in [0.1, 0.15) is 11.1 Å². The number of hydrogen-bond acceptors (Lipinski definition) is 0. The first-order chi connectivity index (χ1) is 11.2. The van der Waals surface area contributed by atoms with Crippen molar-refractivity contribution in [1.29, 1.82) is 0 Å². The molecule has 116 valence electrons. The van der Waals surface area contributed by atoms with E-state index in [1.165, 1.54) is 27.5 Å². The molecule has 3 aromatic carbocycles. The van der Waals surface area contributed by atoms with E-state index < -0.39 is 8.07 Å². The van der Waals surface area contributed by atoms with Gasteiger partial charge in [0.1, 0.15) is 8.07 Å². The summed E-state index contributed by atoms with van der Waals surface area (Å²) in [6.07, 6.45) is 1.15. The maximum atomic E-state index is 2.51. The smallest absolute Gasteiger partial charge is 0.0626 e. The Hall–Kier alpha value is -2.12. The van der Waals surface area contributed by atoms with Crippen LogP contribution < -0.4 is 10.4 Å². The normalized spacial score (nSPS) is 11.4. The van der Waals surface area contributed by atoms with Gasteiger partial charge in [-0.3, -0.25) is 0 Å². The Morgan fingerprint density at radius 3 is 1.61 bits per heavy atom. The van der Waals surface area contributed by atoms with Crippen molar-refractivity contribution in [2.75, 3.05) is 0 Å². The van der Waals surface area contributed by atoms with Crippen LogP contribution in [0, 0.1) is 6.92 Å². The average molecular weight is 317 g/mol. The third kappa shape index (κ3) is 3.62. The molecule has 0 aliphatic heterocycles. The van der Waals surface area contributed by atoms with Gasteiger partial charge in [-0.25, -0.2) is 0 Å². The van der Waals surface area contributed by atoms with Gasteiger partial charge in [-0.15, -0.1) is 0 Å². The summed E-state index contributed by atoms with van der Waals surface area (Å²) in [5.74, 6) is 0. The maximum Gasteiger partial charge on any atom is 0.115 e. The van der Waals surface area contributed by atoms with Gasteiger partial charge < -0.3 is 0 Å². The Kier molecular flexibility index (Phi) is 4.78. The van der Waals surface area contributed by atoms with Crippen LogP contribution in [-0.4, -0.2) is 8.07 Å². The summed E-state index contributed by atoms with van der Waals surface area (Å²) in [7, 11) is -1.70. The summed E-state index contributed by atoms with van der Waals surface area (Å²) in [5.41, 5.74) is 2.78. The zero-order valence-corrected chi connectivity index (χ0v) is 15.0. The minimum atomic E-state index is -1.70. The molecule has 0 saturated heterocycles. The first kappa shape index (κ1) is 15.8. The molecule has 0 radical (unpaired) electrons. The van der Waals surface area contributed by atoms with Crippen molar-refractivity contribution in [1.82, 2.24) is 0 Å². The summed E-state index contributed by atoms with van der Waals surface area (Å²) in [6, 6.07) is 32.4. The molecule has 0 saturated carbocycles. The van der Waals surface area contributed by atoms with Gasteiger partial charge in [0.2, 0.25) is 0 Å². The Morgan fingerprint density at radius 1 is 0.652 bits per heavy atom. The largest absolute Gasteiger partial charge is 0.115 e. The Morgan fingerprint density at radius 2 is 1.13 bits per heavy atom. The topological polar surface area (TPSA) is 0 Å². The Bertz CT molecular complexity index is 690. The van der Waals surface area contributed by atoms with Crippen LogP contribution in [0.3, 0.4) is 0 Å². The summed E-state index contributed by atoms with van der Waals surface area (Å²) in [5, 5.41) is 3.05. The highest BCUT2D eigenvalue weighted by atomic mass is 28.3. The van der Waals surface area contributed by atoms with E-state index in [1.807, 2.05) is 0 Å². The summed E-state index contributed by atoms with van der Waals surface area (Å²) in [6.45, 7) is 4.66. The molecular weight excluding hydrogens is 292 g/mol. The molecule has 0 N–H and O–H groups in total. The number of rotatable bonds is 5. The molecule has 0 spiro atoms. The number of hydrogen-bond donors (Lipinski definition) is 0. The highest BCUT2D eigenvalue weighted by Crippen LogP contribution is 2.16. The van der Waals surface area contributed by atoms with Crippen molar-refractivity contribution in [3.63, 3.8) is 0 Å². The molecule has 23 heavy (non-hydrogen) atoms. The van der Waals surface area contributed by atoms with Gasteiger partial charge in [-0.05, 0) is 25.0 Å². The Balaban J connectivity index is 1.91. The number of benzene rings is 3. The van der Waals surface area contributed by atoms with Crippen LogP contribution in [0.5, 0.6) is 0 Å². The molecular formula is C22H24Si. The average Bonchev–Trinajstić information content (AvgIpc) is 2.62. The quantitative estimate of drug-likeness (QED) is 0.611. The van der Waals surface area contributed by atoms with Crippen molar-refractivity contribution in [2.45, 2.75) is 25.9 Å². The van der Waals surface area contributed by atoms with Crippen molar-refractivity contribution >= 4 is 18.4 Å². The van der Waals surface area contributed by atoms with E-state index in [0.717, 1.165) is 6.42 Å². The lowest BCUT2D eigenvalue weighted by Gasteiger charge is -2.29. The molecule has 3 aromatic rings. The lowest BCUT2D eigenvalue weighted by Crippen LogP contribution is -2.55. The highest BCUT2D eigenvalue weighted by molar-refractivity contribution is 7.01. The van der Waals surface area contributed by atoms with E-state index in [9.17, 15) is 0 Å². The molecule has 0 heterocycles. The third-order valence-electron chi connectivity index (χ3n) is 4.86. The van der Waals surface area contributed by atoms with Crippen LogP contribution >= 0.6 is 0 Å². The van der Waals surface area contributed by atoms with Crippen LogP contribution in [0.4, 0.5) is 0 Å². The molecule has 0 unspecified atom stereocenters. The summed E-state index contributed by atoms with van der Waals surface area (Å²) in [4.78, 5) is 0. The Labute approximate surface area is 140 Å². The minimum Gasteiger partial charge on any atom is -0.0626 e. The van der Waals surface area contributed by atoms with Gasteiger partial charge in [0.25, 0.3) is 0 Å². The van der Waals surface area contributed by atoms with Crippen LogP contribution in [0.25, 0.3) is 0 Å². The molecule has 0 aliphatic rings. The van der Waals surface area contributed by atoms with E-state index in [4.69, 9.17) is 0 Å². The molecule has 0 aliphatic carbocycles. The van der Waals surface area contributed by atoms with Gasteiger partial charge in [0.15, 0.2) is 0 Å². The zero-order chi connectivity index (χ0) is 16.1. The summed E-state index contributed by atoms with van der Waals surface area (Å²) < 4.78 is 0. The maximum absolute atomic E-state index is 2.51. The zero-order valence-electron chi connectivity index (χ0n) is 14.0. The molecule has 3 rings (SSSR count). The second-order valence-corrected chi connectivity index (χ2v) is 10.9. The van der Waals surface area contributed by atoms with E-state index >= 15 is 0 Å². The van der Waals surface area contributed by atoms with E-state index in [-0.39, 0.29) is 0 Å².